The van der Waals surface area contributed by atoms with Crippen LogP contribution >= 0.6 is 0 Å². The Morgan fingerprint density at radius 2 is 1.85 bits per heavy atom. The lowest BCUT2D eigenvalue weighted by Gasteiger charge is -2.32. The number of hydrogen-bond acceptors (Lipinski definition) is 3. The van der Waals surface area contributed by atoms with Gasteiger partial charge in [0, 0.05) is 5.54 Å². The quantitative estimate of drug-likeness (QED) is 0.676. The maximum atomic E-state index is 10.8. The van der Waals surface area contributed by atoms with Gasteiger partial charge in [-0.1, -0.05) is 19.3 Å². The summed E-state index contributed by atoms with van der Waals surface area (Å²) in [6.07, 6.45) is 8.78. The molecule has 0 radical (unpaired) electrons. The zero-order valence-electron chi connectivity index (χ0n) is 7.84. The van der Waals surface area contributed by atoms with Crippen molar-refractivity contribution in [1.82, 2.24) is 4.72 Å². The van der Waals surface area contributed by atoms with Gasteiger partial charge in [0.15, 0.2) is 0 Å². The SMILES string of the molecule is N=[S-](=O)NC1(C2CCCCC2)CC1. The average Bonchev–Trinajstić information content (AvgIpc) is 2.86. The molecule has 0 aromatic carbocycles. The minimum atomic E-state index is -1.57. The molecule has 13 heavy (non-hydrogen) atoms. The molecule has 0 unspecified atom stereocenters. The van der Waals surface area contributed by atoms with Gasteiger partial charge in [-0.25, -0.2) is 0 Å². The molecule has 2 fully saturated rings. The summed E-state index contributed by atoms with van der Waals surface area (Å²) < 4.78 is 20.8. The van der Waals surface area contributed by atoms with Crippen molar-refractivity contribution >= 4 is 10.8 Å². The number of hydrogen-bond donors (Lipinski definition) is 2. The molecular formula is C9H17N2OS-. The van der Waals surface area contributed by atoms with Crippen LogP contribution in [0.25, 0.3) is 0 Å². The van der Waals surface area contributed by atoms with Crippen LogP contribution in [0.15, 0.2) is 0 Å². The molecule has 0 heterocycles. The van der Waals surface area contributed by atoms with E-state index < -0.39 is 10.8 Å². The zero-order valence-corrected chi connectivity index (χ0v) is 8.66. The molecule has 0 aliphatic heterocycles. The van der Waals surface area contributed by atoms with Crippen LogP contribution in [0.4, 0.5) is 0 Å². The lowest BCUT2D eigenvalue weighted by Crippen LogP contribution is -2.38. The molecule has 4 heteroatoms. The molecule has 2 rings (SSSR count). The van der Waals surface area contributed by atoms with Gasteiger partial charge in [-0.3, -0.25) is 0 Å². The molecule has 0 aromatic rings. The Morgan fingerprint density at radius 1 is 1.23 bits per heavy atom. The van der Waals surface area contributed by atoms with E-state index in [-0.39, 0.29) is 5.54 Å². The number of rotatable bonds is 3. The third kappa shape index (κ3) is 2.05. The fourth-order valence-corrected chi connectivity index (χ4v) is 3.31. The third-order valence-corrected chi connectivity index (χ3v) is 4.06. The van der Waals surface area contributed by atoms with Crippen molar-refractivity contribution in [3.63, 3.8) is 0 Å². The predicted octanol–water partition coefficient (Wildman–Crippen LogP) is 2.33. The van der Waals surface area contributed by atoms with Crippen molar-refractivity contribution in [2.45, 2.75) is 50.5 Å². The van der Waals surface area contributed by atoms with Crippen LogP contribution < -0.4 is 4.72 Å². The second-order valence-corrected chi connectivity index (χ2v) is 5.10. The Balaban J connectivity index is 1.97. The Hall–Kier alpha value is -0.0900. The Morgan fingerprint density at radius 3 is 2.31 bits per heavy atom. The van der Waals surface area contributed by atoms with E-state index in [1.54, 1.807) is 0 Å². The van der Waals surface area contributed by atoms with Gasteiger partial charge < -0.3 is 13.7 Å². The Bertz CT molecular complexity index is 244. The topological polar surface area (TPSA) is 53.0 Å². The smallest absolute Gasteiger partial charge is 0.00616 e. The van der Waals surface area contributed by atoms with Crippen LogP contribution in [-0.2, 0) is 15.0 Å². The molecular weight excluding hydrogens is 184 g/mol. The van der Waals surface area contributed by atoms with E-state index in [4.69, 9.17) is 4.78 Å². The largest absolute Gasteiger partial charge is 0.430 e. The highest BCUT2D eigenvalue weighted by molar-refractivity contribution is 7.71. The Kier molecular flexibility index (Phi) is 2.60. The van der Waals surface area contributed by atoms with Crippen LogP contribution in [0.3, 0.4) is 0 Å². The summed E-state index contributed by atoms with van der Waals surface area (Å²) in [5.41, 5.74) is 0.104. The van der Waals surface area contributed by atoms with Gasteiger partial charge in [-0.2, -0.15) is 0 Å². The van der Waals surface area contributed by atoms with E-state index in [0.717, 1.165) is 12.8 Å². The second kappa shape index (κ2) is 3.58. The molecule has 0 aromatic heterocycles. The summed E-state index contributed by atoms with van der Waals surface area (Å²) in [6, 6.07) is 0. The molecule has 3 nitrogen and oxygen atoms in total. The van der Waals surface area contributed by atoms with Crippen LogP contribution in [0.1, 0.15) is 44.9 Å². The summed E-state index contributed by atoms with van der Waals surface area (Å²) in [4.78, 5) is 0. The maximum absolute atomic E-state index is 10.8. The summed E-state index contributed by atoms with van der Waals surface area (Å²) in [5, 5.41) is 0. The highest BCUT2D eigenvalue weighted by atomic mass is 32.2. The first kappa shape index (κ1) is 9.46. The monoisotopic (exact) mass is 201 g/mol. The van der Waals surface area contributed by atoms with Crippen LogP contribution in [0.2, 0.25) is 0 Å². The lowest BCUT2D eigenvalue weighted by molar-refractivity contribution is 0.278. The van der Waals surface area contributed by atoms with Crippen molar-refractivity contribution in [3.05, 3.63) is 0 Å². The van der Waals surface area contributed by atoms with E-state index in [9.17, 15) is 4.21 Å². The van der Waals surface area contributed by atoms with Gasteiger partial charge in [0.1, 0.15) is 0 Å². The standard InChI is InChI=1S/C9H17N2OS/c10-13(12)11-9(6-7-9)8-4-2-1-3-5-8/h8H,1-7H2,(H2,10,11,12)/q-1. The lowest BCUT2D eigenvalue weighted by atomic mass is 9.83. The maximum Gasteiger partial charge on any atom is 0.00616 e. The zero-order chi connectivity index (χ0) is 9.31. The fourth-order valence-electron chi connectivity index (χ4n) is 2.57. The van der Waals surface area contributed by atoms with E-state index in [1.165, 1.54) is 32.1 Å². The summed E-state index contributed by atoms with van der Waals surface area (Å²) in [7, 11) is -1.57. The third-order valence-electron chi connectivity index (χ3n) is 3.47. The molecule has 2 aliphatic rings. The van der Waals surface area contributed by atoms with Crippen molar-refractivity contribution in [1.29, 1.82) is 4.78 Å². The van der Waals surface area contributed by atoms with Gasteiger partial charge in [-0.15, -0.1) is 10.8 Å². The first-order chi connectivity index (χ1) is 6.23. The minimum Gasteiger partial charge on any atom is -0.430 e. The molecule has 2 aliphatic carbocycles. The van der Waals surface area contributed by atoms with Crippen LogP contribution in [0.5, 0.6) is 0 Å². The summed E-state index contributed by atoms with van der Waals surface area (Å²) in [6.45, 7) is 0. The Labute approximate surface area is 81.4 Å². The van der Waals surface area contributed by atoms with Gasteiger partial charge in [0.25, 0.3) is 0 Å². The van der Waals surface area contributed by atoms with Crippen molar-refractivity contribution < 1.29 is 4.21 Å². The van der Waals surface area contributed by atoms with Crippen LogP contribution in [0, 0.1) is 10.7 Å². The van der Waals surface area contributed by atoms with Crippen molar-refractivity contribution in [3.8, 4) is 0 Å². The average molecular weight is 201 g/mol. The molecule has 0 amide bonds. The van der Waals surface area contributed by atoms with E-state index in [1.807, 2.05) is 0 Å². The first-order valence-corrected chi connectivity index (χ1v) is 6.29. The van der Waals surface area contributed by atoms with Crippen molar-refractivity contribution in [2.75, 3.05) is 0 Å². The summed E-state index contributed by atoms with van der Waals surface area (Å²) in [5.74, 6) is 0.690. The van der Waals surface area contributed by atoms with Gasteiger partial charge in [-0.05, 0) is 31.6 Å². The predicted molar refractivity (Wildman–Crippen MR) is 52.4 cm³/mol. The molecule has 2 saturated carbocycles. The first-order valence-electron chi connectivity index (χ1n) is 5.14. The minimum absolute atomic E-state index is 0.104. The molecule has 0 atom stereocenters. The fraction of sp³-hybridized carbons (Fsp3) is 1.00. The summed E-state index contributed by atoms with van der Waals surface area (Å²) >= 11 is 0. The van der Waals surface area contributed by atoms with Gasteiger partial charge in [0.2, 0.25) is 0 Å². The van der Waals surface area contributed by atoms with Gasteiger partial charge >= 0.3 is 0 Å². The highest BCUT2D eigenvalue weighted by Gasteiger charge is 2.46. The highest BCUT2D eigenvalue weighted by Crippen LogP contribution is 2.48. The molecule has 0 bridgehead atoms. The van der Waals surface area contributed by atoms with E-state index in [2.05, 4.69) is 4.72 Å². The molecule has 0 saturated heterocycles. The van der Waals surface area contributed by atoms with Crippen molar-refractivity contribution in [2.24, 2.45) is 5.92 Å². The molecule has 2 N–H and O–H groups in total. The molecule has 76 valence electrons. The number of nitrogens with one attached hydrogen (secondary N) is 2. The second-order valence-electron chi connectivity index (χ2n) is 4.36. The van der Waals surface area contributed by atoms with Crippen LogP contribution in [-0.4, -0.2) is 5.54 Å². The van der Waals surface area contributed by atoms with Gasteiger partial charge in [0.05, 0.1) is 0 Å². The molecule has 0 spiro atoms. The normalized spacial score (nSPS) is 27.8. The van der Waals surface area contributed by atoms with E-state index >= 15 is 0 Å². The van der Waals surface area contributed by atoms with E-state index in [0.29, 0.717) is 5.92 Å².